The highest BCUT2D eigenvalue weighted by Gasteiger charge is 2.14. The number of carbonyl (C=O) groups excluding carboxylic acids is 1. The molecular formula is C24H27NO4. The molecule has 3 rings (SSSR count). The van der Waals surface area contributed by atoms with Crippen LogP contribution in [-0.2, 0) is 4.79 Å². The molecule has 1 aliphatic rings. The summed E-state index contributed by atoms with van der Waals surface area (Å²) in [6.45, 7) is 0. The lowest BCUT2D eigenvalue weighted by atomic mass is 9.94. The zero-order valence-electron chi connectivity index (χ0n) is 17.2. The van der Waals surface area contributed by atoms with E-state index in [1.165, 1.54) is 24.5 Å². The fraction of sp³-hybridized carbons (Fsp3) is 0.292. The molecule has 0 bridgehead atoms. The molecule has 1 aliphatic carbocycles. The minimum atomic E-state index is -0.513. The van der Waals surface area contributed by atoms with E-state index in [-0.39, 0.29) is 0 Å². The Labute approximate surface area is 171 Å². The largest absolute Gasteiger partial charge is 0.496 e. The number of ether oxygens (including phenoxy) is 3. The van der Waals surface area contributed by atoms with Crippen molar-refractivity contribution in [2.75, 3.05) is 21.3 Å². The molecule has 2 N–H and O–H groups in total. The van der Waals surface area contributed by atoms with Gasteiger partial charge in [-0.05, 0) is 66.6 Å². The van der Waals surface area contributed by atoms with E-state index in [1.54, 1.807) is 21.3 Å². The normalized spacial score (nSPS) is 13.9. The molecule has 5 heteroatoms. The van der Waals surface area contributed by atoms with Gasteiger partial charge >= 0.3 is 0 Å². The van der Waals surface area contributed by atoms with E-state index < -0.39 is 5.91 Å². The van der Waals surface area contributed by atoms with Gasteiger partial charge in [-0.2, -0.15) is 0 Å². The van der Waals surface area contributed by atoms with Crippen molar-refractivity contribution in [3.05, 3.63) is 64.7 Å². The highest BCUT2D eigenvalue weighted by atomic mass is 16.5. The van der Waals surface area contributed by atoms with Crippen LogP contribution in [0.4, 0.5) is 0 Å². The molecule has 0 aliphatic heterocycles. The van der Waals surface area contributed by atoms with Crippen LogP contribution in [0.2, 0.25) is 0 Å². The molecule has 1 saturated carbocycles. The summed E-state index contributed by atoms with van der Waals surface area (Å²) < 4.78 is 16.3. The van der Waals surface area contributed by atoms with Crippen LogP contribution in [0.3, 0.4) is 0 Å². The van der Waals surface area contributed by atoms with Crippen LogP contribution < -0.4 is 19.9 Å². The highest BCUT2D eigenvalue weighted by Crippen LogP contribution is 2.35. The fourth-order valence-electron chi connectivity index (χ4n) is 3.69. The molecule has 0 heterocycles. The van der Waals surface area contributed by atoms with Gasteiger partial charge in [0.15, 0.2) is 11.5 Å². The number of methoxy groups -OCH3 is 3. The van der Waals surface area contributed by atoms with Crippen molar-refractivity contribution in [1.82, 2.24) is 0 Å². The summed E-state index contributed by atoms with van der Waals surface area (Å²) in [5.74, 6) is 1.50. The van der Waals surface area contributed by atoms with Crippen molar-refractivity contribution < 1.29 is 19.0 Å². The molecule has 0 saturated heterocycles. The molecule has 0 aromatic heterocycles. The van der Waals surface area contributed by atoms with E-state index in [0.29, 0.717) is 17.1 Å². The Morgan fingerprint density at radius 1 is 0.862 bits per heavy atom. The average Bonchev–Trinajstić information content (AvgIpc) is 3.24. The number of benzene rings is 2. The number of carbonyl (C=O) groups is 1. The maximum Gasteiger partial charge on any atom is 0.242 e. The van der Waals surface area contributed by atoms with Crippen LogP contribution in [0.5, 0.6) is 17.2 Å². The van der Waals surface area contributed by atoms with Crippen LogP contribution >= 0.6 is 0 Å². The van der Waals surface area contributed by atoms with E-state index in [1.807, 2.05) is 36.4 Å². The van der Waals surface area contributed by atoms with Crippen LogP contribution in [0.1, 0.15) is 42.4 Å². The van der Waals surface area contributed by atoms with Gasteiger partial charge in [0.1, 0.15) is 5.75 Å². The number of primary amides is 1. The summed E-state index contributed by atoms with van der Waals surface area (Å²) in [7, 11) is 4.84. The van der Waals surface area contributed by atoms with Gasteiger partial charge in [-0.25, -0.2) is 0 Å². The van der Waals surface area contributed by atoms with Crippen molar-refractivity contribution in [3.8, 4) is 17.2 Å². The van der Waals surface area contributed by atoms with Gasteiger partial charge < -0.3 is 19.9 Å². The second kappa shape index (κ2) is 9.32. The van der Waals surface area contributed by atoms with Gasteiger partial charge in [0.25, 0.3) is 0 Å². The number of allylic oxidation sites excluding steroid dienone is 1. The molecule has 2 aromatic carbocycles. The van der Waals surface area contributed by atoms with Crippen LogP contribution in [0.25, 0.3) is 11.6 Å². The predicted octanol–water partition coefficient (Wildman–Crippen LogP) is 4.59. The zero-order valence-corrected chi connectivity index (χ0v) is 17.2. The third-order valence-electron chi connectivity index (χ3n) is 5.13. The third kappa shape index (κ3) is 4.80. The SMILES string of the molecule is COc1ccc(C(=CC(N)=O)c2ccc(OC)c(OC)c2)cc1C=C1CCCC1. The number of amides is 1. The van der Waals surface area contributed by atoms with Gasteiger partial charge in [-0.1, -0.05) is 23.8 Å². The predicted molar refractivity (Wildman–Crippen MR) is 115 cm³/mol. The van der Waals surface area contributed by atoms with E-state index in [9.17, 15) is 4.79 Å². The first-order chi connectivity index (χ1) is 14.0. The van der Waals surface area contributed by atoms with Crippen LogP contribution in [0, 0.1) is 0 Å². The Morgan fingerprint density at radius 2 is 1.45 bits per heavy atom. The van der Waals surface area contributed by atoms with E-state index in [4.69, 9.17) is 19.9 Å². The first-order valence-corrected chi connectivity index (χ1v) is 9.67. The lowest BCUT2D eigenvalue weighted by molar-refractivity contribution is -0.113. The first-order valence-electron chi connectivity index (χ1n) is 9.67. The van der Waals surface area contributed by atoms with Crippen molar-refractivity contribution in [1.29, 1.82) is 0 Å². The Bertz CT molecular complexity index is 951. The Hall–Kier alpha value is -3.21. The molecule has 29 heavy (non-hydrogen) atoms. The molecule has 5 nitrogen and oxygen atoms in total. The highest BCUT2D eigenvalue weighted by molar-refractivity contribution is 5.98. The molecule has 1 amide bonds. The van der Waals surface area contributed by atoms with E-state index >= 15 is 0 Å². The summed E-state index contributed by atoms with van der Waals surface area (Å²) in [6, 6.07) is 11.4. The first kappa shape index (κ1) is 20.5. The molecule has 1 fully saturated rings. The van der Waals surface area contributed by atoms with E-state index in [2.05, 4.69) is 6.08 Å². The topological polar surface area (TPSA) is 70.8 Å². The summed E-state index contributed by atoms with van der Waals surface area (Å²) in [5.41, 5.74) is 10.3. The van der Waals surface area contributed by atoms with E-state index in [0.717, 1.165) is 35.3 Å². The number of hydrogen-bond donors (Lipinski definition) is 1. The fourth-order valence-corrected chi connectivity index (χ4v) is 3.69. The third-order valence-corrected chi connectivity index (χ3v) is 5.13. The Kier molecular flexibility index (Phi) is 6.60. The smallest absolute Gasteiger partial charge is 0.242 e. The van der Waals surface area contributed by atoms with Gasteiger partial charge in [0, 0.05) is 11.6 Å². The molecule has 0 radical (unpaired) electrons. The van der Waals surface area contributed by atoms with Gasteiger partial charge in [-0.15, -0.1) is 0 Å². The van der Waals surface area contributed by atoms with Crippen molar-refractivity contribution >= 4 is 17.6 Å². The maximum atomic E-state index is 11.8. The molecule has 0 unspecified atom stereocenters. The monoisotopic (exact) mass is 393 g/mol. The van der Waals surface area contributed by atoms with Crippen molar-refractivity contribution in [2.24, 2.45) is 5.73 Å². The summed E-state index contributed by atoms with van der Waals surface area (Å²) in [6.07, 6.45) is 8.33. The Balaban J connectivity index is 2.10. The van der Waals surface area contributed by atoms with Crippen LogP contribution in [-0.4, -0.2) is 27.2 Å². The molecule has 152 valence electrons. The molecule has 0 atom stereocenters. The van der Waals surface area contributed by atoms with Crippen LogP contribution in [0.15, 0.2) is 48.0 Å². The second-order valence-electron chi connectivity index (χ2n) is 7.00. The minimum Gasteiger partial charge on any atom is -0.496 e. The van der Waals surface area contributed by atoms with Gasteiger partial charge in [0.05, 0.1) is 21.3 Å². The quantitative estimate of drug-likeness (QED) is 0.699. The number of nitrogens with two attached hydrogens (primary N) is 1. The summed E-state index contributed by atoms with van der Waals surface area (Å²) in [4.78, 5) is 11.8. The molecule has 0 spiro atoms. The number of rotatable bonds is 7. The van der Waals surface area contributed by atoms with Crippen molar-refractivity contribution in [3.63, 3.8) is 0 Å². The zero-order chi connectivity index (χ0) is 20.8. The summed E-state index contributed by atoms with van der Waals surface area (Å²) in [5, 5.41) is 0. The lowest BCUT2D eigenvalue weighted by Crippen LogP contribution is -2.08. The minimum absolute atomic E-state index is 0.513. The Morgan fingerprint density at radius 3 is 2.03 bits per heavy atom. The number of hydrogen-bond acceptors (Lipinski definition) is 4. The molecule has 2 aromatic rings. The lowest BCUT2D eigenvalue weighted by Gasteiger charge is -2.14. The standard InChI is InChI=1S/C24H27NO4/c1-27-21-10-8-17(13-19(21)12-16-6-4-5-7-16)20(15-24(25)26)18-9-11-22(28-2)23(14-18)29-3/h8-15H,4-7H2,1-3H3,(H2,25,26). The van der Waals surface area contributed by atoms with Gasteiger partial charge in [0.2, 0.25) is 5.91 Å². The second-order valence-corrected chi connectivity index (χ2v) is 7.00. The van der Waals surface area contributed by atoms with Crippen molar-refractivity contribution in [2.45, 2.75) is 25.7 Å². The summed E-state index contributed by atoms with van der Waals surface area (Å²) >= 11 is 0. The molecular weight excluding hydrogens is 366 g/mol. The maximum absolute atomic E-state index is 11.8. The van der Waals surface area contributed by atoms with Gasteiger partial charge in [-0.3, -0.25) is 4.79 Å². The average molecular weight is 393 g/mol.